The summed E-state index contributed by atoms with van der Waals surface area (Å²) in [6.07, 6.45) is 0.385. The highest BCUT2D eigenvalue weighted by Crippen LogP contribution is 2.17. The number of nitrogens with one attached hydrogen (secondary N) is 1. The maximum atomic E-state index is 12.2. The molecule has 3 N–H and O–H groups in total. The maximum Gasteiger partial charge on any atom is 0.228 e. The van der Waals surface area contributed by atoms with Gasteiger partial charge in [0.25, 0.3) is 0 Å². The monoisotopic (exact) mass is 282 g/mol. The van der Waals surface area contributed by atoms with Gasteiger partial charge < -0.3 is 11.1 Å². The van der Waals surface area contributed by atoms with Crippen LogP contribution in [0.5, 0.6) is 0 Å². The van der Waals surface area contributed by atoms with Crippen molar-refractivity contribution in [1.82, 2.24) is 0 Å². The van der Waals surface area contributed by atoms with Crippen molar-refractivity contribution >= 4 is 11.6 Å². The average Bonchev–Trinajstić information content (AvgIpc) is 2.43. The van der Waals surface area contributed by atoms with Crippen LogP contribution >= 0.6 is 0 Å². The van der Waals surface area contributed by atoms with Crippen LogP contribution in [0.3, 0.4) is 0 Å². The minimum absolute atomic E-state index is 0.00877. The Hall–Kier alpha value is -2.13. The van der Waals surface area contributed by atoms with Crippen molar-refractivity contribution in [3.63, 3.8) is 0 Å². The largest absolute Gasteiger partial charge is 0.326 e. The van der Waals surface area contributed by atoms with Crippen molar-refractivity contribution < 1.29 is 4.79 Å². The van der Waals surface area contributed by atoms with Crippen molar-refractivity contribution in [2.45, 2.75) is 33.2 Å². The Morgan fingerprint density at radius 1 is 1.19 bits per heavy atom. The fraction of sp³-hybridized carbons (Fsp3) is 0.278. The zero-order chi connectivity index (χ0) is 15.4. The molecule has 0 fully saturated rings. The third kappa shape index (κ3) is 4.17. The number of amides is 1. The molecule has 3 heteroatoms. The molecule has 1 amide bonds. The molecule has 1 unspecified atom stereocenters. The maximum absolute atomic E-state index is 12.2. The molecule has 2 aromatic rings. The van der Waals surface area contributed by atoms with Gasteiger partial charge in [0.1, 0.15) is 0 Å². The smallest absolute Gasteiger partial charge is 0.228 e. The van der Waals surface area contributed by atoms with E-state index >= 15 is 0 Å². The zero-order valence-electron chi connectivity index (χ0n) is 12.8. The van der Waals surface area contributed by atoms with Crippen LogP contribution in [0.2, 0.25) is 0 Å². The van der Waals surface area contributed by atoms with Gasteiger partial charge in [0.05, 0.1) is 6.42 Å². The van der Waals surface area contributed by atoms with Gasteiger partial charge in [-0.3, -0.25) is 4.79 Å². The number of rotatable bonds is 4. The van der Waals surface area contributed by atoms with Crippen LogP contribution in [0.1, 0.15) is 35.2 Å². The molecular formula is C18H22N2O. The highest BCUT2D eigenvalue weighted by atomic mass is 16.1. The van der Waals surface area contributed by atoms with E-state index in [9.17, 15) is 4.79 Å². The van der Waals surface area contributed by atoms with Gasteiger partial charge in [-0.15, -0.1) is 0 Å². The Bertz CT molecular complexity index is 647. The molecule has 0 saturated heterocycles. The standard InChI is InChI=1S/C18H22N2O/c1-12-7-8-13(2)16(9-12)11-18(21)20-17-6-4-5-15(10-17)14(3)19/h4-10,14H,11,19H2,1-3H3,(H,20,21). The van der Waals surface area contributed by atoms with Crippen molar-refractivity contribution in [2.24, 2.45) is 5.73 Å². The highest BCUT2D eigenvalue weighted by molar-refractivity contribution is 5.92. The predicted octanol–water partition coefficient (Wildman–Crippen LogP) is 3.50. The molecular weight excluding hydrogens is 260 g/mol. The molecule has 21 heavy (non-hydrogen) atoms. The summed E-state index contributed by atoms with van der Waals surface area (Å²) in [7, 11) is 0. The number of nitrogens with two attached hydrogens (primary N) is 1. The van der Waals surface area contributed by atoms with Crippen LogP contribution in [0, 0.1) is 13.8 Å². The number of anilines is 1. The molecule has 0 aromatic heterocycles. The molecule has 0 aliphatic rings. The normalized spacial score (nSPS) is 12.0. The average molecular weight is 282 g/mol. The van der Waals surface area contributed by atoms with E-state index in [0.29, 0.717) is 6.42 Å². The van der Waals surface area contributed by atoms with Gasteiger partial charge in [0.15, 0.2) is 0 Å². The Morgan fingerprint density at radius 2 is 1.95 bits per heavy atom. The Morgan fingerprint density at radius 3 is 2.67 bits per heavy atom. The molecule has 0 radical (unpaired) electrons. The van der Waals surface area contributed by atoms with Gasteiger partial charge in [-0.05, 0) is 49.6 Å². The molecule has 2 rings (SSSR count). The van der Waals surface area contributed by atoms with E-state index in [1.807, 2.05) is 45.0 Å². The lowest BCUT2D eigenvalue weighted by Gasteiger charge is -2.11. The molecule has 0 aliphatic heterocycles. The summed E-state index contributed by atoms with van der Waals surface area (Å²) in [5, 5.41) is 2.94. The lowest BCUT2D eigenvalue weighted by molar-refractivity contribution is -0.115. The first-order chi connectivity index (χ1) is 9.95. The zero-order valence-corrected chi connectivity index (χ0v) is 12.8. The molecule has 3 nitrogen and oxygen atoms in total. The third-order valence-electron chi connectivity index (χ3n) is 3.55. The number of carbonyl (C=O) groups excluding carboxylic acids is 1. The first kappa shape index (κ1) is 15.3. The number of hydrogen-bond donors (Lipinski definition) is 2. The molecule has 0 bridgehead atoms. The Kier molecular flexibility index (Phi) is 4.76. The summed E-state index contributed by atoms with van der Waals surface area (Å²) in [5.74, 6) is -0.00877. The molecule has 1 atom stereocenters. The Labute approximate surface area is 126 Å². The van der Waals surface area contributed by atoms with Crippen LogP contribution < -0.4 is 11.1 Å². The van der Waals surface area contributed by atoms with E-state index in [1.165, 1.54) is 5.56 Å². The van der Waals surface area contributed by atoms with E-state index in [1.54, 1.807) is 0 Å². The summed E-state index contributed by atoms with van der Waals surface area (Å²) >= 11 is 0. The summed E-state index contributed by atoms with van der Waals surface area (Å²) in [6.45, 7) is 5.99. The van der Waals surface area contributed by atoms with E-state index < -0.39 is 0 Å². The topological polar surface area (TPSA) is 55.1 Å². The molecule has 0 heterocycles. The molecule has 0 saturated carbocycles. The molecule has 0 aliphatic carbocycles. The molecule has 110 valence electrons. The summed E-state index contributed by atoms with van der Waals surface area (Å²) < 4.78 is 0. The van der Waals surface area contributed by atoms with Crippen molar-refractivity contribution in [3.8, 4) is 0 Å². The highest BCUT2D eigenvalue weighted by Gasteiger charge is 2.08. The summed E-state index contributed by atoms with van der Waals surface area (Å²) in [4.78, 5) is 12.2. The Balaban J connectivity index is 2.08. The van der Waals surface area contributed by atoms with Crippen LogP contribution in [-0.4, -0.2) is 5.91 Å². The second-order valence-electron chi connectivity index (χ2n) is 5.57. The minimum atomic E-state index is -0.0409. The van der Waals surface area contributed by atoms with E-state index in [0.717, 1.165) is 22.4 Å². The molecule has 0 spiro atoms. The van der Waals surface area contributed by atoms with Crippen LogP contribution in [0.4, 0.5) is 5.69 Å². The van der Waals surface area contributed by atoms with Gasteiger partial charge in [0.2, 0.25) is 5.91 Å². The van der Waals surface area contributed by atoms with E-state index in [2.05, 4.69) is 23.5 Å². The van der Waals surface area contributed by atoms with Crippen LogP contribution in [0.15, 0.2) is 42.5 Å². The van der Waals surface area contributed by atoms with E-state index in [-0.39, 0.29) is 11.9 Å². The molecule has 2 aromatic carbocycles. The van der Waals surface area contributed by atoms with E-state index in [4.69, 9.17) is 5.73 Å². The lowest BCUT2D eigenvalue weighted by atomic mass is 10.0. The number of carbonyl (C=O) groups is 1. The van der Waals surface area contributed by atoms with Crippen molar-refractivity contribution in [3.05, 3.63) is 64.7 Å². The first-order valence-corrected chi connectivity index (χ1v) is 7.17. The summed E-state index contributed by atoms with van der Waals surface area (Å²) in [5.41, 5.74) is 11.0. The predicted molar refractivity (Wildman–Crippen MR) is 87.3 cm³/mol. The lowest BCUT2D eigenvalue weighted by Crippen LogP contribution is -2.15. The number of aryl methyl sites for hydroxylation is 2. The number of benzene rings is 2. The second-order valence-corrected chi connectivity index (χ2v) is 5.57. The third-order valence-corrected chi connectivity index (χ3v) is 3.55. The second kappa shape index (κ2) is 6.55. The van der Waals surface area contributed by atoms with Gasteiger partial charge in [-0.2, -0.15) is 0 Å². The van der Waals surface area contributed by atoms with Crippen LogP contribution in [-0.2, 0) is 11.2 Å². The first-order valence-electron chi connectivity index (χ1n) is 7.17. The van der Waals surface area contributed by atoms with Gasteiger partial charge in [-0.1, -0.05) is 35.9 Å². The fourth-order valence-corrected chi connectivity index (χ4v) is 2.27. The summed E-state index contributed by atoms with van der Waals surface area (Å²) in [6, 6.07) is 13.8. The van der Waals surface area contributed by atoms with Gasteiger partial charge in [-0.25, -0.2) is 0 Å². The SMILES string of the molecule is Cc1ccc(C)c(CC(=O)Nc2cccc(C(C)N)c2)c1. The van der Waals surface area contributed by atoms with Crippen LogP contribution in [0.25, 0.3) is 0 Å². The van der Waals surface area contributed by atoms with Crippen molar-refractivity contribution in [2.75, 3.05) is 5.32 Å². The van der Waals surface area contributed by atoms with Gasteiger partial charge >= 0.3 is 0 Å². The minimum Gasteiger partial charge on any atom is -0.326 e. The number of hydrogen-bond acceptors (Lipinski definition) is 2. The van der Waals surface area contributed by atoms with Gasteiger partial charge in [0, 0.05) is 11.7 Å². The quantitative estimate of drug-likeness (QED) is 0.901. The fourth-order valence-electron chi connectivity index (χ4n) is 2.27. The van der Waals surface area contributed by atoms with Crippen molar-refractivity contribution in [1.29, 1.82) is 0 Å².